The first-order valence-corrected chi connectivity index (χ1v) is 9.25. The third-order valence-electron chi connectivity index (χ3n) is 5.14. The second kappa shape index (κ2) is 7.09. The van der Waals surface area contributed by atoms with Crippen LogP contribution in [-0.4, -0.2) is 32.2 Å². The van der Waals surface area contributed by atoms with Crippen molar-refractivity contribution >= 4 is 28.6 Å². The van der Waals surface area contributed by atoms with Crippen molar-refractivity contribution in [2.75, 3.05) is 18.0 Å². The molecule has 1 aliphatic rings. The van der Waals surface area contributed by atoms with Crippen molar-refractivity contribution in [2.45, 2.75) is 18.9 Å². The van der Waals surface area contributed by atoms with Crippen LogP contribution in [0.15, 0.2) is 40.2 Å². The van der Waals surface area contributed by atoms with E-state index >= 15 is 0 Å². The smallest absolute Gasteiger partial charge is 0.317 e. The van der Waals surface area contributed by atoms with Crippen LogP contribution in [0.5, 0.6) is 0 Å². The minimum Gasteiger partial charge on any atom is -0.341 e. The molecule has 0 amide bonds. The minimum absolute atomic E-state index is 0.0975. The minimum atomic E-state index is -0.562. The van der Waals surface area contributed by atoms with Gasteiger partial charge < -0.3 is 9.47 Å². The Labute approximate surface area is 165 Å². The third-order valence-corrected chi connectivity index (χ3v) is 5.38. The highest BCUT2D eigenvalue weighted by molar-refractivity contribution is 6.31. The summed E-state index contributed by atoms with van der Waals surface area (Å²) >= 11 is 6.09. The van der Waals surface area contributed by atoms with Crippen molar-refractivity contribution in [1.82, 2.24) is 19.1 Å². The fourth-order valence-corrected chi connectivity index (χ4v) is 3.83. The molecule has 8 nitrogen and oxygen atoms in total. The highest BCUT2D eigenvalue weighted by Crippen LogP contribution is 2.27. The van der Waals surface area contributed by atoms with Gasteiger partial charge >= 0.3 is 11.1 Å². The molecule has 0 N–H and O–H groups in total. The Balaban J connectivity index is 1.66. The van der Waals surface area contributed by atoms with Gasteiger partial charge in [0.25, 0.3) is 0 Å². The van der Waals surface area contributed by atoms with Gasteiger partial charge in [-0.25, -0.2) is 9.97 Å². The second-order valence-corrected chi connectivity index (χ2v) is 7.21. The lowest BCUT2D eigenvalue weighted by molar-refractivity contribution is 0.391. The van der Waals surface area contributed by atoms with Crippen LogP contribution < -0.4 is 16.0 Å². The number of halogens is 1. The Kier molecular flexibility index (Phi) is 4.61. The molecule has 2 aromatic heterocycles. The van der Waals surface area contributed by atoms with Crippen LogP contribution in [0.2, 0.25) is 5.02 Å². The summed E-state index contributed by atoms with van der Waals surface area (Å²) in [5.41, 5.74) is 0.660. The molecule has 1 fully saturated rings. The van der Waals surface area contributed by atoms with E-state index < -0.39 is 11.1 Å². The van der Waals surface area contributed by atoms with Gasteiger partial charge in [-0.05, 0) is 31.0 Å². The van der Waals surface area contributed by atoms with Crippen molar-refractivity contribution in [2.24, 2.45) is 7.05 Å². The number of aryl methyl sites for hydroxylation is 1. The van der Waals surface area contributed by atoms with E-state index in [-0.39, 0.29) is 6.04 Å². The third kappa shape index (κ3) is 3.04. The predicted molar refractivity (Wildman–Crippen MR) is 106 cm³/mol. The maximum absolute atomic E-state index is 12.7. The Morgan fingerprint density at radius 1 is 1.11 bits per heavy atom. The zero-order valence-electron chi connectivity index (χ0n) is 15.2. The van der Waals surface area contributed by atoms with E-state index in [9.17, 15) is 9.59 Å². The number of benzene rings is 1. The quantitative estimate of drug-likeness (QED) is 0.613. The van der Waals surface area contributed by atoms with Crippen LogP contribution in [0, 0.1) is 11.3 Å². The van der Waals surface area contributed by atoms with E-state index in [0.29, 0.717) is 53.5 Å². The molecule has 9 heteroatoms. The standard InChI is InChI=1S/C19H17ClN6O2/c1-24-16-8-13(20)2-3-15(16)26(18(28)17(24)27)14-4-6-25(7-5-14)19-22-10-12(9-21)11-23-19/h2-3,8,10-11,14H,4-7H2,1H3. The van der Waals surface area contributed by atoms with Crippen LogP contribution in [0.1, 0.15) is 24.4 Å². The lowest BCUT2D eigenvalue weighted by Crippen LogP contribution is -2.45. The van der Waals surface area contributed by atoms with Gasteiger partial charge in [-0.3, -0.25) is 14.2 Å². The first-order valence-electron chi connectivity index (χ1n) is 8.87. The topological polar surface area (TPSA) is 96.8 Å². The predicted octanol–water partition coefficient (Wildman–Crippen LogP) is 1.86. The van der Waals surface area contributed by atoms with Gasteiger partial charge in [-0.2, -0.15) is 5.26 Å². The van der Waals surface area contributed by atoms with Crippen molar-refractivity contribution in [3.05, 3.63) is 61.9 Å². The molecule has 0 aliphatic carbocycles. The molecule has 4 rings (SSSR count). The average Bonchev–Trinajstić information content (AvgIpc) is 2.73. The van der Waals surface area contributed by atoms with Crippen LogP contribution in [0.4, 0.5) is 5.95 Å². The van der Waals surface area contributed by atoms with E-state index in [1.54, 1.807) is 29.8 Å². The Morgan fingerprint density at radius 2 is 1.79 bits per heavy atom. The monoisotopic (exact) mass is 396 g/mol. The molecule has 142 valence electrons. The number of fused-ring (bicyclic) bond motifs is 1. The Hall–Kier alpha value is -3.18. The van der Waals surface area contributed by atoms with Crippen molar-refractivity contribution in [3.8, 4) is 6.07 Å². The van der Waals surface area contributed by atoms with E-state index in [1.807, 2.05) is 11.0 Å². The number of rotatable bonds is 2. The van der Waals surface area contributed by atoms with Crippen LogP contribution >= 0.6 is 11.6 Å². The van der Waals surface area contributed by atoms with Gasteiger partial charge in [0.15, 0.2) is 0 Å². The summed E-state index contributed by atoms with van der Waals surface area (Å²) in [4.78, 5) is 35.6. The van der Waals surface area contributed by atoms with Gasteiger partial charge in [0.2, 0.25) is 5.95 Å². The zero-order chi connectivity index (χ0) is 19.8. The molecule has 0 bridgehead atoms. The van der Waals surface area contributed by atoms with E-state index in [4.69, 9.17) is 16.9 Å². The Bertz CT molecular complexity index is 1200. The van der Waals surface area contributed by atoms with Gasteiger partial charge in [0.1, 0.15) is 6.07 Å². The average molecular weight is 397 g/mol. The maximum atomic E-state index is 12.7. The lowest BCUT2D eigenvalue weighted by atomic mass is 10.0. The van der Waals surface area contributed by atoms with Gasteiger partial charge in [-0.1, -0.05) is 11.6 Å². The highest BCUT2D eigenvalue weighted by Gasteiger charge is 2.25. The van der Waals surface area contributed by atoms with Crippen molar-refractivity contribution < 1.29 is 0 Å². The molecule has 28 heavy (non-hydrogen) atoms. The van der Waals surface area contributed by atoms with Crippen LogP contribution in [-0.2, 0) is 7.05 Å². The fourth-order valence-electron chi connectivity index (χ4n) is 3.66. The molecular formula is C19H17ClN6O2. The molecular weight excluding hydrogens is 380 g/mol. The molecule has 0 radical (unpaired) electrons. The summed E-state index contributed by atoms with van der Waals surface area (Å²) in [5.74, 6) is 0.561. The first-order chi connectivity index (χ1) is 13.5. The largest absolute Gasteiger partial charge is 0.341 e. The summed E-state index contributed by atoms with van der Waals surface area (Å²) < 4.78 is 2.95. The summed E-state index contributed by atoms with van der Waals surface area (Å²) in [5, 5.41) is 9.37. The number of piperidine rings is 1. The number of hydrogen-bond donors (Lipinski definition) is 0. The fraction of sp³-hybridized carbons (Fsp3) is 0.316. The molecule has 0 atom stereocenters. The number of aromatic nitrogens is 4. The normalized spacial score (nSPS) is 15.0. The highest BCUT2D eigenvalue weighted by atomic mass is 35.5. The van der Waals surface area contributed by atoms with Crippen LogP contribution in [0.25, 0.3) is 11.0 Å². The Morgan fingerprint density at radius 3 is 2.43 bits per heavy atom. The molecule has 0 unspecified atom stereocenters. The molecule has 0 spiro atoms. The SMILES string of the molecule is Cn1c(=O)c(=O)n(C2CCN(c3ncc(C#N)cn3)CC2)c2ccc(Cl)cc21. The van der Waals surface area contributed by atoms with Gasteiger partial charge in [-0.15, -0.1) is 0 Å². The second-order valence-electron chi connectivity index (χ2n) is 6.77. The van der Waals surface area contributed by atoms with Gasteiger partial charge in [0.05, 0.1) is 29.0 Å². The van der Waals surface area contributed by atoms with Crippen molar-refractivity contribution in [1.29, 1.82) is 5.26 Å². The lowest BCUT2D eigenvalue weighted by Gasteiger charge is -2.33. The molecule has 1 aliphatic heterocycles. The maximum Gasteiger partial charge on any atom is 0.317 e. The number of nitrogens with zero attached hydrogens (tertiary/aromatic N) is 6. The van der Waals surface area contributed by atoms with E-state index in [0.717, 1.165) is 0 Å². The molecule has 3 aromatic rings. The number of nitriles is 1. The van der Waals surface area contributed by atoms with Crippen molar-refractivity contribution in [3.63, 3.8) is 0 Å². The summed E-state index contributed by atoms with van der Waals surface area (Å²) in [6.45, 7) is 1.29. The van der Waals surface area contributed by atoms with E-state index in [1.165, 1.54) is 17.0 Å². The van der Waals surface area contributed by atoms with Crippen LogP contribution in [0.3, 0.4) is 0 Å². The summed E-state index contributed by atoms with van der Waals surface area (Å²) in [6.07, 6.45) is 4.34. The molecule has 0 saturated carbocycles. The van der Waals surface area contributed by atoms with E-state index in [2.05, 4.69) is 9.97 Å². The molecule has 1 aromatic carbocycles. The molecule has 3 heterocycles. The van der Waals surface area contributed by atoms with Gasteiger partial charge in [0, 0.05) is 31.2 Å². The zero-order valence-corrected chi connectivity index (χ0v) is 15.9. The summed E-state index contributed by atoms with van der Waals surface area (Å²) in [6, 6.07) is 7.12. The molecule has 1 saturated heterocycles. The number of hydrogen-bond acceptors (Lipinski definition) is 6. The summed E-state index contributed by atoms with van der Waals surface area (Å²) in [7, 11) is 1.58. The first kappa shape index (κ1) is 18.2. The number of anilines is 1.